The highest BCUT2D eigenvalue weighted by atomic mass is 31.0. The number of rotatable bonds is 3. The zero-order valence-corrected chi connectivity index (χ0v) is 13.1. The van der Waals surface area contributed by atoms with Crippen molar-refractivity contribution in [3.8, 4) is 0 Å². The second-order valence-electron chi connectivity index (χ2n) is 5.95. The molecule has 2 aromatic rings. The molecule has 0 bridgehead atoms. The third-order valence-electron chi connectivity index (χ3n) is 4.75. The van der Waals surface area contributed by atoms with Crippen molar-refractivity contribution in [1.82, 2.24) is 0 Å². The van der Waals surface area contributed by atoms with E-state index < -0.39 is 0 Å². The predicted octanol–water partition coefficient (Wildman–Crippen LogP) is 5.23. The van der Waals surface area contributed by atoms with Gasteiger partial charge < -0.3 is 0 Å². The van der Waals surface area contributed by atoms with Gasteiger partial charge in [-0.3, -0.25) is 0 Å². The summed E-state index contributed by atoms with van der Waals surface area (Å²) < 4.78 is 0. The van der Waals surface area contributed by atoms with Crippen LogP contribution in [0.25, 0.3) is 0 Å². The average Bonchev–Trinajstić information content (AvgIpc) is 2.56. The van der Waals surface area contributed by atoms with Crippen molar-refractivity contribution in [3.63, 3.8) is 0 Å². The maximum absolute atomic E-state index is 2.94. The summed E-state index contributed by atoms with van der Waals surface area (Å²) in [6, 6.07) is 22.2. The molecule has 1 fully saturated rings. The molecule has 2 aromatic carbocycles. The number of hydrogen-bond acceptors (Lipinski definition) is 0. The van der Waals surface area contributed by atoms with Crippen LogP contribution in [-0.4, -0.2) is 6.16 Å². The summed E-state index contributed by atoms with van der Waals surface area (Å²) >= 11 is 0. The van der Waals surface area contributed by atoms with Crippen LogP contribution < -0.4 is 0 Å². The summed E-state index contributed by atoms with van der Waals surface area (Å²) in [6.07, 6.45) is 5.26. The zero-order valence-electron chi connectivity index (χ0n) is 11.9. The van der Waals surface area contributed by atoms with Gasteiger partial charge in [-0.1, -0.05) is 60.7 Å². The van der Waals surface area contributed by atoms with Crippen LogP contribution in [0.4, 0.5) is 0 Å². The minimum Gasteiger partial charge on any atom is -0.137 e. The SMILES string of the molecule is PCC1CCC(c2ccccc2)C(c2ccccc2)C1. The lowest BCUT2D eigenvalue weighted by molar-refractivity contribution is 0.309. The van der Waals surface area contributed by atoms with E-state index in [-0.39, 0.29) is 0 Å². The summed E-state index contributed by atoms with van der Waals surface area (Å²) in [4.78, 5) is 0. The van der Waals surface area contributed by atoms with Crippen molar-refractivity contribution in [1.29, 1.82) is 0 Å². The summed E-state index contributed by atoms with van der Waals surface area (Å²) in [5.41, 5.74) is 3.04. The van der Waals surface area contributed by atoms with Crippen molar-refractivity contribution in [2.75, 3.05) is 6.16 Å². The summed E-state index contributed by atoms with van der Waals surface area (Å²) in [7, 11) is 2.94. The normalized spacial score (nSPS) is 26.4. The van der Waals surface area contributed by atoms with Gasteiger partial charge in [-0.15, -0.1) is 9.24 Å². The predicted molar refractivity (Wildman–Crippen MR) is 90.3 cm³/mol. The van der Waals surface area contributed by atoms with Gasteiger partial charge in [0.2, 0.25) is 0 Å². The maximum Gasteiger partial charge on any atom is -0.00903 e. The Balaban J connectivity index is 1.91. The van der Waals surface area contributed by atoms with Crippen molar-refractivity contribution >= 4 is 9.24 Å². The first-order chi connectivity index (χ1) is 9.88. The van der Waals surface area contributed by atoms with Gasteiger partial charge in [-0.05, 0) is 54.3 Å². The van der Waals surface area contributed by atoms with Gasteiger partial charge in [0, 0.05) is 0 Å². The van der Waals surface area contributed by atoms with E-state index in [1.807, 2.05) is 0 Å². The fourth-order valence-corrected chi connectivity index (χ4v) is 4.07. The quantitative estimate of drug-likeness (QED) is 0.676. The van der Waals surface area contributed by atoms with Crippen LogP contribution in [0, 0.1) is 5.92 Å². The molecule has 0 aromatic heterocycles. The highest BCUT2D eigenvalue weighted by Crippen LogP contribution is 2.46. The Morgan fingerprint density at radius 3 is 1.85 bits per heavy atom. The summed E-state index contributed by atoms with van der Waals surface area (Å²) in [5, 5.41) is 0. The minimum absolute atomic E-state index is 0.679. The molecule has 1 saturated carbocycles. The lowest BCUT2D eigenvalue weighted by Gasteiger charge is -2.36. The van der Waals surface area contributed by atoms with Crippen LogP contribution in [0.3, 0.4) is 0 Å². The molecule has 0 aliphatic heterocycles. The molecule has 0 saturated heterocycles. The maximum atomic E-state index is 2.94. The van der Waals surface area contributed by atoms with Crippen molar-refractivity contribution < 1.29 is 0 Å². The van der Waals surface area contributed by atoms with Crippen LogP contribution in [-0.2, 0) is 0 Å². The van der Waals surface area contributed by atoms with E-state index >= 15 is 0 Å². The van der Waals surface area contributed by atoms with Crippen molar-refractivity contribution in [2.24, 2.45) is 5.92 Å². The molecular weight excluding hydrogens is 259 g/mol. The summed E-state index contributed by atoms with van der Waals surface area (Å²) in [5.74, 6) is 2.23. The molecule has 1 aliphatic carbocycles. The largest absolute Gasteiger partial charge is 0.137 e. The van der Waals surface area contributed by atoms with Gasteiger partial charge in [-0.2, -0.15) is 0 Å². The van der Waals surface area contributed by atoms with Crippen LogP contribution in [0.15, 0.2) is 60.7 Å². The van der Waals surface area contributed by atoms with E-state index in [1.165, 1.54) is 36.6 Å². The highest BCUT2D eigenvalue weighted by Gasteiger charge is 2.31. The van der Waals surface area contributed by atoms with Crippen molar-refractivity contribution in [2.45, 2.75) is 31.1 Å². The van der Waals surface area contributed by atoms with Gasteiger partial charge in [-0.25, -0.2) is 0 Å². The Bertz CT molecular complexity index is 520. The first-order valence-corrected chi connectivity index (χ1v) is 8.50. The van der Waals surface area contributed by atoms with Gasteiger partial charge in [0.25, 0.3) is 0 Å². The van der Waals surface area contributed by atoms with Gasteiger partial charge >= 0.3 is 0 Å². The van der Waals surface area contributed by atoms with Crippen LogP contribution >= 0.6 is 9.24 Å². The third-order valence-corrected chi connectivity index (χ3v) is 5.41. The number of hydrogen-bond donors (Lipinski definition) is 0. The third kappa shape index (κ3) is 2.96. The molecule has 0 amide bonds. The Labute approximate surface area is 124 Å². The molecule has 0 N–H and O–H groups in total. The first-order valence-electron chi connectivity index (χ1n) is 7.68. The van der Waals surface area contributed by atoms with Crippen LogP contribution in [0.5, 0.6) is 0 Å². The van der Waals surface area contributed by atoms with Gasteiger partial charge in [0.1, 0.15) is 0 Å². The zero-order chi connectivity index (χ0) is 13.8. The van der Waals surface area contributed by atoms with E-state index in [1.54, 1.807) is 0 Å². The second kappa shape index (κ2) is 6.55. The molecule has 0 nitrogen and oxygen atoms in total. The molecule has 0 radical (unpaired) electrons. The fraction of sp³-hybridized carbons (Fsp3) is 0.368. The smallest absolute Gasteiger partial charge is 0.00903 e. The summed E-state index contributed by atoms with van der Waals surface area (Å²) in [6.45, 7) is 0. The topological polar surface area (TPSA) is 0 Å². The number of benzene rings is 2. The lowest BCUT2D eigenvalue weighted by Crippen LogP contribution is -2.23. The minimum atomic E-state index is 0.679. The van der Waals surface area contributed by atoms with Crippen LogP contribution in [0.1, 0.15) is 42.2 Å². The molecule has 1 heteroatoms. The Morgan fingerprint density at radius 1 is 0.750 bits per heavy atom. The van der Waals surface area contributed by atoms with Crippen LogP contribution in [0.2, 0.25) is 0 Å². The Kier molecular flexibility index (Phi) is 4.53. The molecular formula is C19H23P. The first kappa shape index (κ1) is 13.8. The molecule has 3 rings (SSSR count). The molecule has 1 aliphatic rings. The lowest BCUT2D eigenvalue weighted by atomic mass is 9.69. The Morgan fingerprint density at radius 2 is 1.30 bits per heavy atom. The molecule has 0 heterocycles. The monoisotopic (exact) mass is 282 g/mol. The molecule has 0 spiro atoms. The van der Waals surface area contributed by atoms with E-state index in [4.69, 9.17) is 0 Å². The van der Waals surface area contributed by atoms with E-state index in [2.05, 4.69) is 69.9 Å². The van der Waals surface area contributed by atoms with E-state index in [9.17, 15) is 0 Å². The fourth-order valence-electron chi connectivity index (χ4n) is 3.64. The molecule has 20 heavy (non-hydrogen) atoms. The highest BCUT2D eigenvalue weighted by molar-refractivity contribution is 7.16. The van der Waals surface area contributed by atoms with E-state index in [0.29, 0.717) is 11.8 Å². The average molecular weight is 282 g/mol. The second-order valence-corrected chi connectivity index (χ2v) is 6.42. The molecule has 104 valence electrons. The standard InChI is InChI=1S/C19H23P/c20-14-15-11-12-18(16-7-3-1-4-8-16)19(13-15)17-9-5-2-6-10-17/h1-10,15,18-19H,11-14,20H2. The van der Waals surface area contributed by atoms with Crippen molar-refractivity contribution in [3.05, 3.63) is 71.8 Å². The van der Waals surface area contributed by atoms with Gasteiger partial charge in [0.05, 0.1) is 0 Å². The molecule has 4 atom stereocenters. The van der Waals surface area contributed by atoms with Gasteiger partial charge in [0.15, 0.2) is 0 Å². The van der Waals surface area contributed by atoms with E-state index in [0.717, 1.165) is 5.92 Å². The Hall–Kier alpha value is -1.13. The molecule has 4 unspecified atom stereocenters.